The number of hydrogen-bond donors (Lipinski definition) is 1. The molecule has 2 aromatic carbocycles. The van der Waals surface area contributed by atoms with E-state index in [0.29, 0.717) is 30.8 Å². The Bertz CT molecular complexity index is 1090. The summed E-state index contributed by atoms with van der Waals surface area (Å²) in [6.07, 6.45) is 8.60. The molecule has 4 atom stereocenters. The molecule has 2 aliphatic heterocycles. The number of likely N-dealkylation sites (tertiary alicyclic amines) is 1. The molecule has 2 saturated heterocycles. The van der Waals surface area contributed by atoms with Gasteiger partial charge in [-0.1, -0.05) is 42.5 Å². The Labute approximate surface area is 213 Å². The van der Waals surface area contributed by atoms with Crippen LogP contribution in [0.25, 0.3) is 0 Å². The first-order valence-electron chi connectivity index (χ1n) is 13.8. The van der Waals surface area contributed by atoms with E-state index in [1.54, 1.807) is 0 Å². The SMILES string of the molecule is O=C(c1ccc(C[C@@H]2CC[C@H]([C@H](O)c3ccccc3)C2)cc1)N1CCC2(CC1)C[C@H](C1CC1)OC2=O. The average molecular weight is 488 g/mol. The highest BCUT2D eigenvalue weighted by atomic mass is 16.6. The van der Waals surface area contributed by atoms with Crippen molar-refractivity contribution in [1.29, 1.82) is 0 Å². The van der Waals surface area contributed by atoms with E-state index in [1.165, 1.54) is 18.4 Å². The minimum atomic E-state index is -0.384. The second kappa shape index (κ2) is 9.66. The van der Waals surface area contributed by atoms with E-state index in [9.17, 15) is 14.7 Å². The fourth-order valence-corrected chi connectivity index (χ4v) is 6.86. The lowest BCUT2D eigenvalue weighted by Gasteiger charge is -2.36. The minimum absolute atomic E-state index is 0.0266. The standard InChI is InChI=1S/C31H37NO4/c33-28(24-4-2-1-3-5-24)26-11-8-22(19-26)18-21-6-9-25(10-7-21)29(34)32-16-14-31(15-17-32)20-27(23-12-13-23)36-30(31)35/h1-7,9-10,22-23,26-28,33H,8,11-20H2/t22-,26-,27+,28+/m0/s1. The van der Waals surface area contributed by atoms with E-state index in [1.807, 2.05) is 47.4 Å². The summed E-state index contributed by atoms with van der Waals surface area (Å²) in [7, 11) is 0. The number of nitrogens with zero attached hydrogens (tertiary/aromatic N) is 1. The van der Waals surface area contributed by atoms with Crippen LogP contribution in [0.15, 0.2) is 54.6 Å². The normalized spacial score (nSPS) is 28.3. The number of cyclic esters (lactones) is 1. The zero-order chi connectivity index (χ0) is 24.7. The molecule has 2 aliphatic carbocycles. The third-order valence-corrected chi connectivity index (χ3v) is 9.33. The van der Waals surface area contributed by atoms with E-state index in [2.05, 4.69) is 12.1 Å². The maximum Gasteiger partial charge on any atom is 0.312 e. The van der Waals surface area contributed by atoms with Crippen molar-refractivity contribution in [2.75, 3.05) is 13.1 Å². The second-order valence-corrected chi connectivity index (χ2v) is 11.8. The van der Waals surface area contributed by atoms with Crippen molar-refractivity contribution in [1.82, 2.24) is 4.90 Å². The molecule has 5 heteroatoms. The molecule has 2 heterocycles. The summed E-state index contributed by atoms with van der Waals surface area (Å²) in [6.45, 7) is 1.25. The highest BCUT2D eigenvalue weighted by molar-refractivity contribution is 5.94. The van der Waals surface area contributed by atoms with E-state index >= 15 is 0 Å². The van der Waals surface area contributed by atoms with Crippen LogP contribution >= 0.6 is 0 Å². The first kappa shape index (κ1) is 23.7. The molecule has 0 unspecified atom stereocenters. The second-order valence-electron chi connectivity index (χ2n) is 11.8. The van der Waals surface area contributed by atoms with Gasteiger partial charge in [0.15, 0.2) is 0 Å². The van der Waals surface area contributed by atoms with Gasteiger partial charge in [-0.25, -0.2) is 0 Å². The van der Waals surface area contributed by atoms with Crippen LogP contribution in [0.5, 0.6) is 0 Å². The third-order valence-electron chi connectivity index (χ3n) is 9.33. The number of aliphatic hydroxyl groups is 1. The molecule has 190 valence electrons. The zero-order valence-electron chi connectivity index (χ0n) is 21.0. The number of ether oxygens (including phenoxy) is 1. The Morgan fingerprint density at radius 2 is 1.72 bits per heavy atom. The topological polar surface area (TPSA) is 66.8 Å². The predicted octanol–water partition coefficient (Wildman–Crippen LogP) is 5.33. The number of carbonyl (C=O) groups excluding carboxylic acids is 2. The van der Waals surface area contributed by atoms with Gasteiger partial charge in [-0.3, -0.25) is 9.59 Å². The molecule has 0 bridgehead atoms. The van der Waals surface area contributed by atoms with Crippen LogP contribution in [0.3, 0.4) is 0 Å². The van der Waals surface area contributed by atoms with Gasteiger partial charge in [-0.05, 0) is 92.4 Å². The number of amides is 1. The fraction of sp³-hybridized carbons (Fsp3) is 0.548. The first-order chi connectivity index (χ1) is 17.5. The van der Waals surface area contributed by atoms with Crippen molar-refractivity contribution in [3.8, 4) is 0 Å². The highest BCUT2D eigenvalue weighted by Gasteiger charge is 2.54. The number of carbonyl (C=O) groups is 2. The summed E-state index contributed by atoms with van der Waals surface area (Å²) in [5.74, 6) is 1.50. The molecule has 5 nitrogen and oxygen atoms in total. The van der Waals surface area contributed by atoms with Gasteiger partial charge < -0.3 is 14.7 Å². The lowest BCUT2D eigenvalue weighted by Crippen LogP contribution is -2.45. The Morgan fingerprint density at radius 1 is 1.00 bits per heavy atom. The van der Waals surface area contributed by atoms with E-state index < -0.39 is 0 Å². The molecule has 6 rings (SSSR count). The molecule has 36 heavy (non-hydrogen) atoms. The zero-order valence-corrected chi connectivity index (χ0v) is 21.0. The molecule has 2 aromatic rings. The van der Waals surface area contributed by atoms with Crippen molar-refractivity contribution in [3.05, 3.63) is 71.3 Å². The first-order valence-corrected chi connectivity index (χ1v) is 13.8. The smallest absolute Gasteiger partial charge is 0.312 e. The van der Waals surface area contributed by atoms with Crippen LogP contribution in [-0.2, 0) is 16.0 Å². The van der Waals surface area contributed by atoms with Crippen LogP contribution in [0, 0.1) is 23.2 Å². The van der Waals surface area contributed by atoms with Crippen LogP contribution in [-0.4, -0.2) is 41.1 Å². The van der Waals surface area contributed by atoms with Gasteiger partial charge in [0.25, 0.3) is 5.91 Å². The molecule has 2 saturated carbocycles. The summed E-state index contributed by atoms with van der Waals surface area (Å²) in [5, 5.41) is 10.8. The minimum Gasteiger partial charge on any atom is -0.462 e. The Balaban J connectivity index is 1.01. The predicted molar refractivity (Wildman–Crippen MR) is 137 cm³/mol. The number of benzene rings is 2. The quantitative estimate of drug-likeness (QED) is 0.560. The van der Waals surface area contributed by atoms with E-state index in [-0.39, 0.29) is 29.5 Å². The summed E-state index contributed by atoms with van der Waals surface area (Å²) in [6, 6.07) is 18.1. The maximum atomic E-state index is 13.2. The Morgan fingerprint density at radius 3 is 2.42 bits per heavy atom. The van der Waals surface area contributed by atoms with Crippen LogP contribution in [0.1, 0.15) is 79.0 Å². The molecule has 4 aliphatic rings. The number of piperidine rings is 1. The van der Waals surface area contributed by atoms with Gasteiger partial charge in [0, 0.05) is 25.1 Å². The highest BCUT2D eigenvalue weighted by Crippen LogP contribution is 2.49. The monoisotopic (exact) mass is 487 g/mol. The molecule has 1 amide bonds. The van der Waals surface area contributed by atoms with Gasteiger partial charge in [0.1, 0.15) is 6.10 Å². The van der Waals surface area contributed by atoms with Gasteiger partial charge in [0.05, 0.1) is 11.5 Å². The van der Waals surface area contributed by atoms with E-state index in [0.717, 1.165) is 56.1 Å². The maximum absolute atomic E-state index is 13.2. The largest absolute Gasteiger partial charge is 0.462 e. The van der Waals surface area contributed by atoms with Crippen LogP contribution in [0.2, 0.25) is 0 Å². The molecule has 1 spiro atoms. The molecular formula is C31H37NO4. The molecule has 0 aromatic heterocycles. The lowest BCUT2D eigenvalue weighted by atomic mass is 9.75. The number of esters is 1. The number of aliphatic hydroxyl groups excluding tert-OH is 1. The molecular weight excluding hydrogens is 450 g/mol. The Kier molecular flexibility index (Phi) is 6.37. The van der Waals surface area contributed by atoms with Gasteiger partial charge >= 0.3 is 5.97 Å². The van der Waals surface area contributed by atoms with Gasteiger partial charge in [-0.2, -0.15) is 0 Å². The van der Waals surface area contributed by atoms with Gasteiger partial charge in [0.2, 0.25) is 0 Å². The van der Waals surface area contributed by atoms with Crippen LogP contribution < -0.4 is 0 Å². The summed E-state index contributed by atoms with van der Waals surface area (Å²) in [5.41, 5.74) is 2.63. The van der Waals surface area contributed by atoms with Gasteiger partial charge in [-0.15, -0.1) is 0 Å². The fourth-order valence-electron chi connectivity index (χ4n) is 6.86. The van der Waals surface area contributed by atoms with Crippen molar-refractivity contribution in [2.24, 2.45) is 23.2 Å². The summed E-state index contributed by atoms with van der Waals surface area (Å²) in [4.78, 5) is 27.7. The average Bonchev–Trinajstić information content (AvgIpc) is 3.59. The summed E-state index contributed by atoms with van der Waals surface area (Å²) < 4.78 is 5.71. The lowest BCUT2D eigenvalue weighted by molar-refractivity contribution is -0.151. The van der Waals surface area contributed by atoms with Crippen molar-refractivity contribution in [3.63, 3.8) is 0 Å². The Hall–Kier alpha value is -2.66. The number of hydrogen-bond acceptors (Lipinski definition) is 4. The number of rotatable bonds is 6. The molecule has 4 fully saturated rings. The van der Waals surface area contributed by atoms with Crippen molar-refractivity contribution < 1.29 is 19.4 Å². The summed E-state index contributed by atoms with van der Waals surface area (Å²) >= 11 is 0. The van der Waals surface area contributed by atoms with Crippen molar-refractivity contribution >= 4 is 11.9 Å². The van der Waals surface area contributed by atoms with Crippen LogP contribution in [0.4, 0.5) is 0 Å². The molecule has 1 N–H and O–H groups in total. The van der Waals surface area contributed by atoms with E-state index in [4.69, 9.17) is 4.74 Å². The van der Waals surface area contributed by atoms with Crippen molar-refractivity contribution in [2.45, 2.75) is 70.0 Å². The third kappa shape index (κ3) is 4.70. The molecule has 0 radical (unpaired) electrons.